The van der Waals surface area contributed by atoms with Crippen molar-refractivity contribution >= 4 is 11.6 Å². The van der Waals surface area contributed by atoms with E-state index in [0.29, 0.717) is 12.4 Å². The second-order valence-electron chi connectivity index (χ2n) is 5.00. The molecule has 0 amide bonds. The van der Waals surface area contributed by atoms with E-state index in [1.54, 1.807) is 17.8 Å². The van der Waals surface area contributed by atoms with Crippen molar-refractivity contribution in [1.29, 1.82) is 0 Å². The lowest BCUT2D eigenvalue weighted by molar-refractivity contribution is 0.204. The minimum Gasteiger partial charge on any atom is -0.383 e. The average molecular weight is 298 g/mol. The standard InChI is InChI=1S/C15H18N6O/c1-12-8-14(21-15(19-12)17-11-18-21)20(6-7-22-2)10-13-4-3-5-16-9-13/h3-5,8-9,11H,6-7,10H2,1-2H3. The van der Waals surface area contributed by atoms with Gasteiger partial charge in [-0.3, -0.25) is 4.98 Å². The zero-order chi connectivity index (χ0) is 15.4. The van der Waals surface area contributed by atoms with E-state index in [2.05, 4.69) is 31.0 Å². The number of rotatable bonds is 6. The van der Waals surface area contributed by atoms with E-state index >= 15 is 0 Å². The smallest absolute Gasteiger partial charge is 0.254 e. The summed E-state index contributed by atoms with van der Waals surface area (Å²) in [6.45, 7) is 4.04. The summed E-state index contributed by atoms with van der Waals surface area (Å²) in [5.74, 6) is 1.55. The molecule has 3 aromatic rings. The number of methoxy groups -OCH3 is 1. The predicted octanol–water partition coefficient (Wildman–Crippen LogP) is 1.48. The first kappa shape index (κ1) is 14.4. The topological polar surface area (TPSA) is 68.4 Å². The molecule has 3 aromatic heterocycles. The third kappa shape index (κ3) is 3.04. The van der Waals surface area contributed by atoms with E-state index in [-0.39, 0.29) is 0 Å². The normalized spacial score (nSPS) is 11.0. The second kappa shape index (κ2) is 6.48. The maximum absolute atomic E-state index is 5.24. The van der Waals surface area contributed by atoms with Gasteiger partial charge in [-0.15, -0.1) is 0 Å². The number of fused-ring (bicyclic) bond motifs is 1. The lowest BCUT2D eigenvalue weighted by atomic mass is 10.2. The van der Waals surface area contributed by atoms with Crippen molar-refractivity contribution in [2.45, 2.75) is 13.5 Å². The summed E-state index contributed by atoms with van der Waals surface area (Å²) in [5.41, 5.74) is 2.03. The molecule has 3 rings (SSSR count). The molecule has 0 fully saturated rings. The van der Waals surface area contributed by atoms with Crippen molar-refractivity contribution < 1.29 is 4.74 Å². The Morgan fingerprint density at radius 3 is 3.05 bits per heavy atom. The fourth-order valence-corrected chi connectivity index (χ4v) is 2.32. The van der Waals surface area contributed by atoms with E-state index in [4.69, 9.17) is 4.74 Å². The molecule has 0 N–H and O–H groups in total. The maximum atomic E-state index is 5.24. The van der Waals surface area contributed by atoms with Gasteiger partial charge in [-0.2, -0.15) is 14.6 Å². The number of anilines is 1. The van der Waals surface area contributed by atoms with Crippen LogP contribution in [0.15, 0.2) is 36.9 Å². The number of hydrogen-bond acceptors (Lipinski definition) is 6. The van der Waals surface area contributed by atoms with Gasteiger partial charge in [0, 0.05) is 44.4 Å². The summed E-state index contributed by atoms with van der Waals surface area (Å²) in [6, 6.07) is 6.00. The predicted molar refractivity (Wildman–Crippen MR) is 82.7 cm³/mol. The molecule has 0 spiro atoms. The van der Waals surface area contributed by atoms with Crippen molar-refractivity contribution in [1.82, 2.24) is 24.6 Å². The lowest BCUT2D eigenvalue weighted by Crippen LogP contribution is -2.29. The number of hydrogen-bond donors (Lipinski definition) is 0. The van der Waals surface area contributed by atoms with E-state index in [1.807, 2.05) is 25.3 Å². The Bertz CT molecular complexity index is 742. The number of pyridine rings is 1. The molecular formula is C15H18N6O. The number of aryl methyl sites for hydroxylation is 1. The maximum Gasteiger partial charge on any atom is 0.254 e. The van der Waals surface area contributed by atoms with Crippen molar-refractivity contribution in [3.8, 4) is 0 Å². The van der Waals surface area contributed by atoms with Gasteiger partial charge in [0.1, 0.15) is 12.1 Å². The van der Waals surface area contributed by atoms with Crippen LogP contribution in [0.1, 0.15) is 11.3 Å². The SMILES string of the molecule is COCCN(Cc1cccnc1)c1cc(C)nc2ncnn12. The van der Waals surface area contributed by atoms with Crippen LogP contribution in [-0.2, 0) is 11.3 Å². The molecular weight excluding hydrogens is 280 g/mol. The Kier molecular flexibility index (Phi) is 4.24. The summed E-state index contributed by atoms with van der Waals surface area (Å²) in [4.78, 5) is 14.9. The van der Waals surface area contributed by atoms with Crippen LogP contribution in [0.4, 0.5) is 5.82 Å². The van der Waals surface area contributed by atoms with Crippen molar-refractivity contribution in [3.63, 3.8) is 0 Å². The highest BCUT2D eigenvalue weighted by Gasteiger charge is 2.14. The van der Waals surface area contributed by atoms with Crippen LogP contribution in [0, 0.1) is 6.92 Å². The van der Waals surface area contributed by atoms with Gasteiger partial charge in [-0.25, -0.2) is 4.98 Å². The zero-order valence-electron chi connectivity index (χ0n) is 12.7. The van der Waals surface area contributed by atoms with Gasteiger partial charge in [0.05, 0.1) is 6.61 Å². The minimum absolute atomic E-state index is 0.601. The lowest BCUT2D eigenvalue weighted by Gasteiger charge is -2.24. The fourth-order valence-electron chi connectivity index (χ4n) is 2.32. The molecule has 7 nitrogen and oxygen atoms in total. The van der Waals surface area contributed by atoms with Crippen LogP contribution in [0.3, 0.4) is 0 Å². The van der Waals surface area contributed by atoms with E-state index in [1.165, 1.54) is 6.33 Å². The van der Waals surface area contributed by atoms with Crippen LogP contribution >= 0.6 is 0 Å². The number of nitrogens with zero attached hydrogens (tertiary/aromatic N) is 6. The minimum atomic E-state index is 0.601. The van der Waals surface area contributed by atoms with Crippen LogP contribution in [0.25, 0.3) is 5.78 Å². The number of ether oxygens (including phenoxy) is 1. The third-order valence-corrected chi connectivity index (χ3v) is 3.35. The quantitative estimate of drug-likeness (QED) is 0.686. The van der Waals surface area contributed by atoms with Crippen LogP contribution < -0.4 is 4.90 Å². The first-order valence-electron chi connectivity index (χ1n) is 7.08. The van der Waals surface area contributed by atoms with Gasteiger partial charge in [0.25, 0.3) is 5.78 Å². The Hall–Kier alpha value is -2.54. The van der Waals surface area contributed by atoms with E-state index in [9.17, 15) is 0 Å². The fraction of sp³-hybridized carbons (Fsp3) is 0.333. The van der Waals surface area contributed by atoms with Gasteiger partial charge >= 0.3 is 0 Å². The Morgan fingerprint density at radius 1 is 1.36 bits per heavy atom. The van der Waals surface area contributed by atoms with Crippen molar-refractivity contribution in [2.24, 2.45) is 0 Å². The van der Waals surface area contributed by atoms with Gasteiger partial charge in [0.15, 0.2) is 0 Å². The number of aromatic nitrogens is 5. The first-order valence-corrected chi connectivity index (χ1v) is 7.08. The molecule has 0 aromatic carbocycles. The van der Waals surface area contributed by atoms with Gasteiger partial charge < -0.3 is 9.64 Å². The molecule has 0 saturated heterocycles. The first-order chi connectivity index (χ1) is 10.8. The highest BCUT2D eigenvalue weighted by atomic mass is 16.5. The third-order valence-electron chi connectivity index (χ3n) is 3.35. The average Bonchev–Trinajstić information content (AvgIpc) is 3.00. The van der Waals surface area contributed by atoms with Crippen molar-refractivity contribution in [3.05, 3.63) is 48.2 Å². The van der Waals surface area contributed by atoms with Gasteiger partial charge in [-0.05, 0) is 18.6 Å². The zero-order valence-corrected chi connectivity index (χ0v) is 12.7. The summed E-state index contributed by atoms with van der Waals surface area (Å²) in [5, 5.41) is 4.28. The van der Waals surface area contributed by atoms with E-state index < -0.39 is 0 Å². The molecule has 7 heteroatoms. The van der Waals surface area contributed by atoms with Crippen LogP contribution in [0.2, 0.25) is 0 Å². The molecule has 22 heavy (non-hydrogen) atoms. The Morgan fingerprint density at radius 2 is 2.27 bits per heavy atom. The molecule has 0 bridgehead atoms. The Labute approximate surface area is 128 Å². The summed E-state index contributed by atoms with van der Waals surface area (Å²) in [7, 11) is 1.70. The molecule has 114 valence electrons. The van der Waals surface area contributed by atoms with E-state index in [0.717, 1.165) is 30.2 Å². The van der Waals surface area contributed by atoms with Crippen LogP contribution in [0.5, 0.6) is 0 Å². The van der Waals surface area contributed by atoms with Crippen LogP contribution in [-0.4, -0.2) is 44.8 Å². The second-order valence-corrected chi connectivity index (χ2v) is 5.00. The molecule has 0 aliphatic heterocycles. The Balaban J connectivity index is 1.98. The summed E-state index contributed by atoms with van der Waals surface area (Å²) < 4.78 is 6.99. The van der Waals surface area contributed by atoms with Crippen molar-refractivity contribution in [2.75, 3.05) is 25.2 Å². The summed E-state index contributed by atoms with van der Waals surface area (Å²) >= 11 is 0. The molecule has 0 aliphatic rings. The largest absolute Gasteiger partial charge is 0.383 e. The molecule has 0 saturated carbocycles. The molecule has 0 radical (unpaired) electrons. The molecule has 0 unspecified atom stereocenters. The highest BCUT2D eigenvalue weighted by Crippen LogP contribution is 2.18. The van der Waals surface area contributed by atoms with Gasteiger partial charge in [-0.1, -0.05) is 6.07 Å². The molecule has 0 aliphatic carbocycles. The monoisotopic (exact) mass is 298 g/mol. The van der Waals surface area contributed by atoms with Gasteiger partial charge in [0.2, 0.25) is 0 Å². The highest BCUT2D eigenvalue weighted by molar-refractivity contribution is 5.47. The summed E-state index contributed by atoms with van der Waals surface area (Å²) in [6.07, 6.45) is 5.16. The molecule has 0 atom stereocenters. The molecule has 3 heterocycles.